The average molecular weight is 297 g/mol. The van der Waals surface area contributed by atoms with Gasteiger partial charge < -0.3 is 5.32 Å². The molecule has 1 amide bonds. The van der Waals surface area contributed by atoms with Crippen LogP contribution in [0.1, 0.15) is 22.8 Å². The Morgan fingerprint density at radius 1 is 1.14 bits per heavy atom. The molecule has 106 valence electrons. The Hall–Kier alpha value is -2.07. The van der Waals surface area contributed by atoms with Gasteiger partial charge in [-0.2, -0.15) is 0 Å². The molecule has 2 aromatic rings. The number of carbonyl (C=O) groups is 2. The fourth-order valence-corrected chi connectivity index (χ4v) is 3.56. The Bertz CT molecular complexity index is 686. The predicted molar refractivity (Wildman–Crippen MR) is 84.9 cm³/mol. The van der Waals surface area contributed by atoms with E-state index >= 15 is 0 Å². The zero-order valence-electron chi connectivity index (χ0n) is 11.6. The lowest BCUT2D eigenvalue weighted by atomic mass is 10.1. The van der Waals surface area contributed by atoms with Crippen LogP contribution in [0, 0.1) is 0 Å². The summed E-state index contributed by atoms with van der Waals surface area (Å²) in [6.45, 7) is 1.52. The average Bonchev–Trinajstić information content (AvgIpc) is 2.91. The van der Waals surface area contributed by atoms with Crippen molar-refractivity contribution >= 4 is 29.1 Å². The van der Waals surface area contributed by atoms with Crippen LogP contribution in [0.25, 0.3) is 0 Å². The monoisotopic (exact) mass is 297 g/mol. The van der Waals surface area contributed by atoms with E-state index in [2.05, 4.69) is 11.4 Å². The van der Waals surface area contributed by atoms with Gasteiger partial charge in [-0.05, 0) is 37.1 Å². The van der Waals surface area contributed by atoms with Crippen molar-refractivity contribution in [3.63, 3.8) is 0 Å². The first-order chi connectivity index (χ1) is 10.1. The molecule has 0 aromatic heterocycles. The molecule has 1 heterocycles. The van der Waals surface area contributed by atoms with Gasteiger partial charge in [-0.25, -0.2) is 0 Å². The molecule has 0 fully saturated rings. The number of amides is 1. The third-order valence-electron chi connectivity index (χ3n) is 3.48. The lowest BCUT2D eigenvalue weighted by molar-refractivity contribution is -0.115. The van der Waals surface area contributed by atoms with Crippen LogP contribution in [0.3, 0.4) is 0 Å². The summed E-state index contributed by atoms with van der Waals surface area (Å²) in [6, 6.07) is 15.1. The maximum Gasteiger partial charge on any atom is 0.238 e. The highest BCUT2D eigenvalue weighted by Gasteiger charge is 2.27. The SMILES string of the molecule is CC(=O)c1cccc(NC(=O)C2Cc3ccccc3S2)c1. The normalized spacial score (nSPS) is 16.3. The molecule has 1 aliphatic heterocycles. The number of carbonyl (C=O) groups excluding carboxylic acids is 2. The molecule has 1 unspecified atom stereocenters. The van der Waals surface area contributed by atoms with Crippen LogP contribution in [0.4, 0.5) is 5.69 Å². The number of Topliss-reactive ketones (excluding diaryl/α,β-unsaturated/α-hetero) is 1. The second-order valence-corrected chi connectivity index (χ2v) is 6.29. The van der Waals surface area contributed by atoms with Gasteiger partial charge in [0.2, 0.25) is 5.91 Å². The lowest BCUT2D eigenvalue weighted by Crippen LogP contribution is -2.24. The molecule has 0 bridgehead atoms. The van der Waals surface area contributed by atoms with Crippen molar-refractivity contribution in [1.82, 2.24) is 0 Å². The molecule has 0 radical (unpaired) electrons. The highest BCUT2D eigenvalue weighted by molar-refractivity contribution is 8.01. The number of anilines is 1. The Kier molecular flexibility index (Phi) is 3.80. The fraction of sp³-hybridized carbons (Fsp3) is 0.176. The molecule has 1 atom stereocenters. The first kappa shape index (κ1) is 13.9. The standard InChI is InChI=1S/C17H15NO2S/c1-11(19)12-6-4-7-14(9-12)18-17(20)16-10-13-5-2-3-8-15(13)21-16/h2-9,16H,10H2,1H3,(H,18,20). The third kappa shape index (κ3) is 3.00. The summed E-state index contributed by atoms with van der Waals surface area (Å²) in [4.78, 5) is 24.9. The van der Waals surface area contributed by atoms with Crippen molar-refractivity contribution in [2.24, 2.45) is 0 Å². The Balaban J connectivity index is 1.71. The predicted octanol–water partition coefficient (Wildman–Crippen LogP) is 3.54. The second kappa shape index (κ2) is 5.74. The number of rotatable bonds is 3. The van der Waals surface area contributed by atoms with E-state index in [-0.39, 0.29) is 16.9 Å². The molecule has 1 aliphatic rings. The fourth-order valence-electron chi connectivity index (χ4n) is 2.37. The highest BCUT2D eigenvalue weighted by Crippen LogP contribution is 2.37. The van der Waals surface area contributed by atoms with Gasteiger partial charge in [-0.15, -0.1) is 11.8 Å². The van der Waals surface area contributed by atoms with Crippen molar-refractivity contribution < 1.29 is 9.59 Å². The summed E-state index contributed by atoms with van der Waals surface area (Å²) in [6.07, 6.45) is 0.749. The lowest BCUT2D eigenvalue weighted by Gasteiger charge is -2.10. The van der Waals surface area contributed by atoms with Gasteiger partial charge in [0.1, 0.15) is 0 Å². The molecular weight excluding hydrogens is 282 g/mol. The number of hydrogen-bond donors (Lipinski definition) is 1. The third-order valence-corrected chi connectivity index (χ3v) is 4.79. The van der Waals surface area contributed by atoms with Crippen molar-refractivity contribution in [2.45, 2.75) is 23.5 Å². The number of thioether (sulfide) groups is 1. The van der Waals surface area contributed by atoms with E-state index in [4.69, 9.17) is 0 Å². The number of ketones is 1. The van der Waals surface area contributed by atoms with E-state index in [9.17, 15) is 9.59 Å². The molecule has 3 nitrogen and oxygen atoms in total. The van der Waals surface area contributed by atoms with Gasteiger partial charge in [0.25, 0.3) is 0 Å². The van der Waals surface area contributed by atoms with E-state index in [0.717, 1.165) is 6.42 Å². The molecule has 1 N–H and O–H groups in total. The van der Waals surface area contributed by atoms with Crippen LogP contribution < -0.4 is 5.32 Å². The Morgan fingerprint density at radius 3 is 2.71 bits per heavy atom. The van der Waals surface area contributed by atoms with Gasteiger partial charge in [-0.1, -0.05) is 30.3 Å². The van der Waals surface area contributed by atoms with Crippen LogP contribution in [0.5, 0.6) is 0 Å². The topological polar surface area (TPSA) is 46.2 Å². The van der Waals surface area contributed by atoms with Gasteiger partial charge in [0.15, 0.2) is 5.78 Å². The van der Waals surface area contributed by atoms with Crippen LogP contribution in [0.15, 0.2) is 53.4 Å². The largest absolute Gasteiger partial charge is 0.325 e. The number of fused-ring (bicyclic) bond motifs is 1. The quantitative estimate of drug-likeness (QED) is 0.881. The molecule has 0 saturated carbocycles. The minimum atomic E-state index is -0.108. The minimum absolute atomic E-state index is 0.00579. The van der Waals surface area contributed by atoms with Crippen LogP contribution in [-0.4, -0.2) is 16.9 Å². The van der Waals surface area contributed by atoms with Crippen molar-refractivity contribution in [2.75, 3.05) is 5.32 Å². The van der Waals surface area contributed by atoms with Crippen molar-refractivity contribution in [1.29, 1.82) is 0 Å². The molecule has 21 heavy (non-hydrogen) atoms. The summed E-state index contributed by atoms with van der Waals surface area (Å²) in [5.74, 6) is -0.0225. The molecular formula is C17H15NO2S. The first-order valence-electron chi connectivity index (χ1n) is 6.80. The molecule has 2 aromatic carbocycles. The van der Waals surface area contributed by atoms with E-state index in [1.54, 1.807) is 36.0 Å². The summed E-state index contributed by atoms with van der Waals surface area (Å²) in [5, 5.41) is 2.79. The van der Waals surface area contributed by atoms with Gasteiger partial charge in [-0.3, -0.25) is 9.59 Å². The van der Waals surface area contributed by atoms with E-state index in [0.29, 0.717) is 11.3 Å². The highest BCUT2D eigenvalue weighted by atomic mass is 32.2. The van der Waals surface area contributed by atoms with Gasteiger partial charge >= 0.3 is 0 Å². The first-order valence-corrected chi connectivity index (χ1v) is 7.68. The molecule has 0 spiro atoms. The number of hydrogen-bond acceptors (Lipinski definition) is 3. The summed E-state index contributed by atoms with van der Waals surface area (Å²) < 4.78 is 0. The van der Waals surface area contributed by atoms with Crippen LogP contribution in [0.2, 0.25) is 0 Å². The minimum Gasteiger partial charge on any atom is -0.325 e. The molecule has 3 rings (SSSR count). The molecule has 4 heteroatoms. The zero-order chi connectivity index (χ0) is 14.8. The smallest absolute Gasteiger partial charge is 0.238 e. The maximum atomic E-state index is 12.3. The summed E-state index contributed by atoms with van der Waals surface area (Å²) in [7, 11) is 0. The van der Waals surface area contributed by atoms with Crippen molar-refractivity contribution in [3.05, 3.63) is 59.7 Å². The molecule has 0 saturated heterocycles. The number of nitrogens with one attached hydrogen (secondary N) is 1. The van der Waals surface area contributed by atoms with Crippen LogP contribution in [-0.2, 0) is 11.2 Å². The summed E-state index contributed by atoms with van der Waals surface area (Å²) >= 11 is 1.60. The zero-order valence-corrected chi connectivity index (χ0v) is 12.4. The van der Waals surface area contributed by atoms with Crippen molar-refractivity contribution in [3.8, 4) is 0 Å². The van der Waals surface area contributed by atoms with Gasteiger partial charge in [0.05, 0.1) is 5.25 Å². The number of benzene rings is 2. The Morgan fingerprint density at radius 2 is 1.95 bits per heavy atom. The Labute approximate surface area is 127 Å². The van der Waals surface area contributed by atoms with Gasteiger partial charge in [0, 0.05) is 16.1 Å². The van der Waals surface area contributed by atoms with Crippen LogP contribution >= 0.6 is 11.8 Å². The van der Waals surface area contributed by atoms with E-state index in [1.165, 1.54) is 17.4 Å². The van der Waals surface area contributed by atoms with E-state index < -0.39 is 0 Å². The molecule has 0 aliphatic carbocycles. The summed E-state index contributed by atoms with van der Waals surface area (Å²) in [5.41, 5.74) is 2.50. The maximum absolute atomic E-state index is 12.3. The van der Waals surface area contributed by atoms with E-state index in [1.807, 2.05) is 18.2 Å². The second-order valence-electron chi connectivity index (χ2n) is 5.04.